The van der Waals surface area contributed by atoms with Gasteiger partial charge in [0.2, 0.25) is 5.91 Å². The molecule has 2 heterocycles. The summed E-state index contributed by atoms with van der Waals surface area (Å²) < 4.78 is 38.7. The summed E-state index contributed by atoms with van der Waals surface area (Å²) in [6, 6.07) is -5.83. The number of nitrogens with one attached hydrogen (secondary N) is 1. The first-order valence-corrected chi connectivity index (χ1v) is 8.11. The van der Waals surface area contributed by atoms with Gasteiger partial charge in [-0.2, -0.15) is 0 Å². The van der Waals surface area contributed by atoms with Crippen LogP contribution in [-0.4, -0.2) is 45.0 Å². The van der Waals surface area contributed by atoms with E-state index in [0.29, 0.717) is 0 Å². The Kier molecular flexibility index (Phi) is 3.10. The maximum atomic E-state index is 12.6. The normalized spacial score (nSPS) is 27.0. The molecule has 0 spiro atoms. The van der Waals surface area contributed by atoms with Gasteiger partial charge in [-0.25, -0.2) is 4.79 Å². The number of carboxylic acids is 1. The topological polar surface area (TPSA) is 113 Å². The number of aliphatic carboxylic acids is 1. The maximum absolute atomic E-state index is 12.6. The number of nitrogens with two attached hydrogens (primary N) is 1. The number of rotatable bonds is 4. The highest BCUT2D eigenvalue weighted by molar-refractivity contribution is 8.00. The number of thioether (sulfide) groups is 1. The minimum absolute atomic E-state index is 0.00714. The molecule has 2 amide bonds. The van der Waals surface area contributed by atoms with Crippen molar-refractivity contribution in [2.24, 2.45) is 5.73 Å². The predicted octanol–water partition coefficient (Wildman–Crippen LogP) is 0.621. The molecule has 2 aliphatic heterocycles. The number of halogens is 1. The van der Waals surface area contributed by atoms with Crippen LogP contribution in [0, 0.1) is 0 Å². The van der Waals surface area contributed by atoms with Crippen LogP contribution in [0.1, 0.15) is 18.5 Å². The highest BCUT2D eigenvalue weighted by Crippen LogP contribution is 2.41. The number of β-lactam (4-membered cyclic amide) rings is 1. The maximum Gasteiger partial charge on any atom is 0.353 e. The molecule has 126 valence electrons. The highest BCUT2D eigenvalue weighted by atomic mass is 35.5. The smallest absolute Gasteiger partial charge is 0.353 e. The SMILES string of the molecule is [2H]c1c([2H])c([2H])c(C(N)C(=O)N[C@@H]2C(=O)N3C(C(=O)O)=C(Cl)CS[C@H]23)c([2H])c1[2H]. The molecular formula is C15H14ClN3O4S. The molecule has 3 rings (SSSR count). The molecule has 9 heteroatoms. The van der Waals surface area contributed by atoms with Crippen LogP contribution in [0.15, 0.2) is 40.9 Å². The lowest BCUT2D eigenvalue weighted by Gasteiger charge is -2.48. The summed E-state index contributed by atoms with van der Waals surface area (Å²) in [6.45, 7) is 0. The van der Waals surface area contributed by atoms with Crippen LogP contribution >= 0.6 is 23.4 Å². The van der Waals surface area contributed by atoms with Crippen LogP contribution < -0.4 is 11.1 Å². The van der Waals surface area contributed by atoms with Crippen LogP contribution in [0.4, 0.5) is 0 Å². The Labute approximate surface area is 153 Å². The number of carbonyl (C=O) groups excluding carboxylic acids is 2. The van der Waals surface area contributed by atoms with Crippen molar-refractivity contribution < 1.29 is 26.3 Å². The van der Waals surface area contributed by atoms with E-state index in [1.807, 2.05) is 0 Å². The van der Waals surface area contributed by atoms with Gasteiger partial charge in [0.05, 0.1) is 11.9 Å². The van der Waals surface area contributed by atoms with Crippen molar-refractivity contribution in [3.05, 3.63) is 46.5 Å². The van der Waals surface area contributed by atoms with E-state index in [2.05, 4.69) is 5.32 Å². The van der Waals surface area contributed by atoms with Gasteiger partial charge in [-0.1, -0.05) is 41.8 Å². The molecule has 4 N–H and O–H groups in total. The van der Waals surface area contributed by atoms with Crippen LogP contribution in [-0.2, 0) is 14.4 Å². The van der Waals surface area contributed by atoms with E-state index in [1.54, 1.807) is 0 Å². The quantitative estimate of drug-likeness (QED) is 0.668. The van der Waals surface area contributed by atoms with Crippen molar-refractivity contribution in [3.63, 3.8) is 0 Å². The predicted molar refractivity (Wildman–Crippen MR) is 88.9 cm³/mol. The average Bonchev–Trinajstić information content (AvgIpc) is 2.68. The molecule has 1 unspecified atom stereocenters. The number of hydrogen-bond acceptors (Lipinski definition) is 5. The Morgan fingerprint density at radius 1 is 1.46 bits per heavy atom. The summed E-state index contributed by atoms with van der Waals surface area (Å²) in [4.78, 5) is 37.2. The Morgan fingerprint density at radius 2 is 2.12 bits per heavy atom. The van der Waals surface area contributed by atoms with Crippen LogP contribution in [0.5, 0.6) is 0 Å². The lowest BCUT2D eigenvalue weighted by molar-refractivity contribution is -0.150. The summed E-state index contributed by atoms with van der Waals surface area (Å²) in [5.41, 5.74) is 5.08. The Balaban J connectivity index is 1.83. The van der Waals surface area contributed by atoms with Crippen molar-refractivity contribution in [1.29, 1.82) is 0 Å². The second-order valence-electron chi connectivity index (χ2n) is 4.97. The zero-order chi connectivity index (χ0) is 21.8. The van der Waals surface area contributed by atoms with Gasteiger partial charge in [0.25, 0.3) is 5.91 Å². The minimum Gasteiger partial charge on any atom is -0.477 e. The lowest BCUT2D eigenvalue weighted by atomic mass is 10.0. The first kappa shape index (κ1) is 11.5. The standard InChI is InChI=1S/C15H14ClN3O4S/c16-8-6-24-14-10(13(21)19(14)11(8)15(22)23)18-12(20)9(17)7-4-2-1-3-5-7/h1-5,9-10,14H,6,17H2,(H,18,20)(H,22,23)/t9?,10-,14-/m1/s1/i1D,2D,3D,4D,5D. The highest BCUT2D eigenvalue weighted by Gasteiger charge is 2.54. The Hall–Kier alpha value is -2.03. The summed E-state index contributed by atoms with van der Waals surface area (Å²) in [6.07, 6.45) is 0. The van der Waals surface area contributed by atoms with E-state index < -0.39 is 71.0 Å². The lowest BCUT2D eigenvalue weighted by Crippen LogP contribution is -2.70. The average molecular weight is 373 g/mol. The van der Waals surface area contributed by atoms with E-state index in [4.69, 9.17) is 24.2 Å². The molecule has 3 atom stereocenters. The first-order valence-electron chi connectivity index (χ1n) is 9.18. The molecular weight excluding hydrogens is 354 g/mol. The zero-order valence-electron chi connectivity index (χ0n) is 16.9. The Morgan fingerprint density at radius 3 is 2.75 bits per heavy atom. The van der Waals surface area contributed by atoms with E-state index in [1.165, 1.54) is 0 Å². The molecule has 1 aromatic carbocycles. The van der Waals surface area contributed by atoms with Crippen molar-refractivity contribution in [2.75, 3.05) is 5.75 Å². The minimum atomic E-state index is -1.63. The third-order valence-corrected chi connectivity index (χ3v) is 5.29. The fourth-order valence-corrected chi connectivity index (χ4v) is 3.92. The van der Waals surface area contributed by atoms with Crippen LogP contribution in [0.2, 0.25) is 0 Å². The molecule has 7 nitrogen and oxygen atoms in total. The van der Waals surface area contributed by atoms with Gasteiger partial charge in [0.15, 0.2) is 0 Å². The number of carbonyl (C=O) groups is 3. The summed E-state index contributed by atoms with van der Waals surface area (Å²) >= 11 is 7.04. The first-order chi connectivity index (χ1) is 13.5. The fourth-order valence-electron chi connectivity index (χ4n) is 2.37. The summed E-state index contributed by atoms with van der Waals surface area (Å²) in [5, 5.41) is 10.9. The van der Waals surface area contributed by atoms with Crippen molar-refractivity contribution >= 4 is 41.1 Å². The number of fused-ring (bicyclic) bond motifs is 1. The Bertz CT molecular complexity index is 962. The number of hydrogen-bond donors (Lipinski definition) is 3. The van der Waals surface area contributed by atoms with Gasteiger partial charge in [0, 0.05) is 5.75 Å². The van der Waals surface area contributed by atoms with Gasteiger partial charge < -0.3 is 16.2 Å². The van der Waals surface area contributed by atoms with Gasteiger partial charge in [-0.3, -0.25) is 14.5 Å². The number of amides is 2. The van der Waals surface area contributed by atoms with Gasteiger partial charge >= 0.3 is 5.97 Å². The van der Waals surface area contributed by atoms with E-state index in [-0.39, 0.29) is 16.5 Å². The van der Waals surface area contributed by atoms with Crippen LogP contribution in [0.25, 0.3) is 0 Å². The molecule has 0 radical (unpaired) electrons. The monoisotopic (exact) mass is 372 g/mol. The van der Waals surface area contributed by atoms with Crippen LogP contribution in [0.3, 0.4) is 0 Å². The second kappa shape index (κ2) is 6.46. The fraction of sp³-hybridized carbons (Fsp3) is 0.267. The van der Waals surface area contributed by atoms with Crippen molar-refractivity contribution in [1.82, 2.24) is 10.2 Å². The van der Waals surface area contributed by atoms with Gasteiger partial charge in [0.1, 0.15) is 23.2 Å². The number of benzene rings is 1. The zero-order valence-corrected chi connectivity index (χ0v) is 13.5. The summed E-state index contributed by atoms with van der Waals surface area (Å²) in [5.74, 6) is -2.85. The largest absolute Gasteiger partial charge is 0.477 e. The molecule has 0 saturated carbocycles. The molecule has 1 saturated heterocycles. The van der Waals surface area contributed by atoms with Gasteiger partial charge in [-0.15, -0.1) is 11.8 Å². The molecule has 0 aromatic heterocycles. The number of carboxylic acid groups (broad SMARTS) is 1. The molecule has 1 aromatic rings. The molecule has 0 aliphatic carbocycles. The second-order valence-corrected chi connectivity index (χ2v) is 6.53. The molecule has 1 fully saturated rings. The van der Waals surface area contributed by atoms with Gasteiger partial charge in [-0.05, 0) is 5.56 Å². The van der Waals surface area contributed by atoms with Crippen molar-refractivity contribution in [2.45, 2.75) is 17.5 Å². The summed E-state index contributed by atoms with van der Waals surface area (Å²) in [7, 11) is 0. The molecule has 24 heavy (non-hydrogen) atoms. The van der Waals surface area contributed by atoms with E-state index in [9.17, 15) is 19.5 Å². The third-order valence-electron chi connectivity index (χ3n) is 3.53. The van der Waals surface area contributed by atoms with Crippen molar-refractivity contribution in [3.8, 4) is 0 Å². The van der Waals surface area contributed by atoms with E-state index in [0.717, 1.165) is 16.7 Å². The number of nitrogens with zero attached hydrogens (tertiary/aromatic N) is 1. The third kappa shape index (κ3) is 2.77. The molecule has 0 bridgehead atoms. The molecule has 2 aliphatic rings. The van der Waals surface area contributed by atoms with E-state index >= 15 is 0 Å².